The third-order valence-corrected chi connectivity index (χ3v) is 6.18. The summed E-state index contributed by atoms with van der Waals surface area (Å²) < 4.78 is 1.40. The van der Waals surface area contributed by atoms with Gasteiger partial charge in [0.25, 0.3) is 11.5 Å². The average Bonchev–Trinajstić information content (AvgIpc) is 2.78. The monoisotopic (exact) mass is 403 g/mol. The smallest absolute Gasteiger partial charge is 0.270 e. The van der Waals surface area contributed by atoms with Gasteiger partial charge < -0.3 is 5.32 Å². The SMILES string of the molecule is CC(C)[C@H](NC(=O)c1cnc2ccccn2c1=O)c1ccc(C2CCCCC2)cc1. The van der Waals surface area contributed by atoms with Crippen molar-refractivity contribution in [3.63, 3.8) is 0 Å². The molecule has 1 saturated carbocycles. The lowest BCUT2D eigenvalue weighted by molar-refractivity contribution is 0.0923. The average molecular weight is 404 g/mol. The Bertz CT molecular complexity index is 1080. The molecule has 2 heterocycles. The van der Waals surface area contributed by atoms with Gasteiger partial charge in [0, 0.05) is 12.4 Å². The topological polar surface area (TPSA) is 63.5 Å². The Labute approximate surface area is 177 Å². The fourth-order valence-corrected chi connectivity index (χ4v) is 4.45. The van der Waals surface area contributed by atoms with E-state index in [1.807, 2.05) is 6.07 Å². The standard InChI is InChI=1S/C25H29N3O2/c1-17(2)23(20-13-11-19(12-14-20)18-8-4-3-5-9-18)27-24(29)21-16-26-22-10-6-7-15-28(22)25(21)30/h6-7,10-18,23H,3-5,8-9H2,1-2H3,(H,27,29)/t23-/m0/s1. The fourth-order valence-electron chi connectivity index (χ4n) is 4.45. The van der Waals surface area contributed by atoms with E-state index in [9.17, 15) is 9.59 Å². The van der Waals surface area contributed by atoms with Gasteiger partial charge >= 0.3 is 0 Å². The molecule has 4 rings (SSSR count). The van der Waals surface area contributed by atoms with Gasteiger partial charge in [0.1, 0.15) is 11.2 Å². The number of carbonyl (C=O) groups is 1. The number of amides is 1. The zero-order chi connectivity index (χ0) is 21.1. The van der Waals surface area contributed by atoms with Crippen LogP contribution in [-0.2, 0) is 0 Å². The summed E-state index contributed by atoms with van der Waals surface area (Å²) in [4.78, 5) is 29.9. The van der Waals surface area contributed by atoms with Gasteiger partial charge in [0.05, 0.1) is 6.04 Å². The van der Waals surface area contributed by atoms with Crippen LogP contribution in [0.4, 0.5) is 0 Å². The molecule has 156 valence electrons. The lowest BCUT2D eigenvalue weighted by Gasteiger charge is -2.25. The lowest BCUT2D eigenvalue weighted by Crippen LogP contribution is -2.36. The molecule has 0 spiro atoms. The van der Waals surface area contributed by atoms with E-state index in [0.29, 0.717) is 11.6 Å². The molecule has 0 unspecified atom stereocenters. The maximum absolute atomic E-state index is 12.9. The molecule has 0 aliphatic heterocycles. The molecule has 1 atom stereocenters. The van der Waals surface area contributed by atoms with Gasteiger partial charge in [-0.15, -0.1) is 0 Å². The van der Waals surface area contributed by atoms with Crippen molar-refractivity contribution >= 4 is 11.6 Å². The van der Waals surface area contributed by atoms with Crippen molar-refractivity contribution in [2.75, 3.05) is 0 Å². The molecule has 2 aromatic heterocycles. The normalized spacial score (nSPS) is 16.0. The van der Waals surface area contributed by atoms with E-state index in [1.165, 1.54) is 48.3 Å². The van der Waals surface area contributed by atoms with Gasteiger partial charge in [-0.05, 0) is 47.9 Å². The van der Waals surface area contributed by atoms with Crippen molar-refractivity contribution in [2.24, 2.45) is 5.92 Å². The van der Waals surface area contributed by atoms with Crippen LogP contribution in [0.5, 0.6) is 0 Å². The maximum atomic E-state index is 12.9. The molecule has 0 saturated heterocycles. The van der Waals surface area contributed by atoms with Gasteiger partial charge in [-0.3, -0.25) is 14.0 Å². The first kappa shape index (κ1) is 20.3. The van der Waals surface area contributed by atoms with Crippen LogP contribution in [0.25, 0.3) is 5.65 Å². The first-order valence-corrected chi connectivity index (χ1v) is 10.9. The summed E-state index contributed by atoms with van der Waals surface area (Å²) in [7, 11) is 0. The number of carbonyl (C=O) groups excluding carboxylic acids is 1. The van der Waals surface area contributed by atoms with Crippen molar-refractivity contribution in [1.29, 1.82) is 0 Å². The van der Waals surface area contributed by atoms with Gasteiger partial charge in [0.15, 0.2) is 0 Å². The quantitative estimate of drug-likeness (QED) is 0.661. The van der Waals surface area contributed by atoms with Crippen LogP contribution < -0.4 is 10.9 Å². The fraction of sp³-hybridized carbons (Fsp3) is 0.400. The Morgan fingerprint density at radius 3 is 2.50 bits per heavy atom. The molecule has 1 aliphatic rings. The van der Waals surface area contributed by atoms with Crippen LogP contribution in [0, 0.1) is 5.92 Å². The largest absolute Gasteiger partial charge is 0.345 e. The van der Waals surface area contributed by atoms with Gasteiger partial charge in [0.2, 0.25) is 0 Å². The summed E-state index contributed by atoms with van der Waals surface area (Å²) in [6.07, 6.45) is 9.51. The molecule has 5 heteroatoms. The molecule has 5 nitrogen and oxygen atoms in total. The van der Waals surface area contributed by atoms with Crippen molar-refractivity contribution in [2.45, 2.75) is 57.9 Å². The zero-order valence-electron chi connectivity index (χ0n) is 17.7. The molecular weight excluding hydrogens is 374 g/mol. The maximum Gasteiger partial charge on any atom is 0.270 e. The van der Waals surface area contributed by atoms with Crippen LogP contribution in [0.2, 0.25) is 0 Å². The highest BCUT2D eigenvalue weighted by atomic mass is 16.2. The Kier molecular flexibility index (Phi) is 5.98. The molecule has 1 fully saturated rings. The van der Waals surface area contributed by atoms with Crippen LogP contribution in [0.3, 0.4) is 0 Å². The second-order valence-corrected chi connectivity index (χ2v) is 8.60. The summed E-state index contributed by atoms with van der Waals surface area (Å²) >= 11 is 0. The molecule has 1 N–H and O–H groups in total. The summed E-state index contributed by atoms with van der Waals surface area (Å²) in [5.74, 6) is 0.454. The first-order valence-electron chi connectivity index (χ1n) is 10.9. The van der Waals surface area contributed by atoms with Gasteiger partial charge in [-0.1, -0.05) is 63.4 Å². The third kappa shape index (κ3) is 4.16. The Morgan fingerprint density at radius 2 is 1.80 bits per heavy atom. The highest BCUT2D eigenvalue weighted by Gasteiger charge is 2.22. The van der Waals surface area contributed by atoms with Crippen LogP contribution in [-0.4, -0.2) is 15.3 Å². The number of fused-ring (bicyclic) bond motifs is 1. The number of benzene rings is 1. The summed E-state index contributed by atoms with van der Waals surface area (Å²) in [6, 6.07) is 13.8. The van der Waals surface area contributed by atoms with E-state index in [1.54, 1.807) is 18.3 Å². The van der Waals surface area contributed by atoms with Crippen molar-refractivity contribution < 1.29 is 4.79 Å². The second kappa shape index (κ2) is 8.82. The molecule has 30 heavy (non-hydrogen) atoms. The third-order valence-electron chi connectivity index (χ3n) is 6.18. The number of pyridine rings is 1. The first-order chi connectivity index (χ1) is 14.5. The minimum Gasteiger partial charge on any atom is -0.345 e. The number of nitrogens with zero attached hydrogens (tertiary/aromatic N) is 2. The Balaban J connectivity index is 1.56. The summed E-state index contributed by atoms with van der Waals surface area (Å²) in [6.45, 7) is 4.15. The van der Waals surface area contributed by atoms with E-state index in [2.05, 4.69) is 48.4 Å². The summed E-state index contributed by atoms with van der Waals surface area (Å²) in [5.41, 5.74) is 2.69. The van der Waals surface area contributed by atoms with E-state index in [0.717, 1.165) is 5.56 Å². The van der Waals surface area contributed by atoms with Crippen LogP contribution in [0.1, 0.15) is 79.4 Å². The zero-order valence-corrected chi connectivity index (χ0v) is 17.7. The minimum atomic E-state index is -0.388. The molecule has 0 bridgehead atoms. The highest BCUT2D eigenvalue weighted by molar-refractivity contribution is 5.94. The molecule has 3 aromatic rings. The predicted octanol–water partition coefficient (Wildman–Crippen LogP) is 4.87. The molecular formula is C25H29N3O2. The lowest BCUT2D eigenvalue weighted by atomic mass is 9.83. The van der Waals surface area contributed by atoms with Crippen molar-refractivity contribution in [3.05, 3.63) is 81.9 Å². The Morgan fingerprint density at radius 1 is 1.07 bits per heavy atom. The van der Waals surface area contributed by atoms with Gasteiger partial charge in [-0.25, -0.2) is 4.98 Å². The number of rotatable bonds is 5. The molecule has 1 aromatic carbocycles. The predicted molar refractivity (Wildman–Crippen MR) is 119 cm³/mol. The number of hydrogen-bond donors (Lipinski definition) is 1. The molecule has 1 amide bonds. The molecule has 0 radical (unpaired) electrons. The number of nitrogens with one attached hydrogen (secondary N) is 1. The van der Waals surface area contributed by atoms with Gasteiger partial charge in [-0.2, -0.15) is 0 Å². The van der Waals surface area contributed by atoms with Crippen LogP contribution >= 0.6 is 0 Å². The summed E-state index contributed by atoms with van der Waals surface area (Å²) in [5, 5.41) is 3.06. The van der Waals surface area contributed by atoms with E-state index in [4.69, 9.17) is 0 Å². The van der Waals surface area contributed by atoms with E-state index >= 15 is 0 Å². The van der Waals surface area contributed by atoms with E-state index in [-0.39, 0.29) is 29.0 Å². The minimum absolute atomic E-state index is 0.0585. The highest BCUT2D eigenvalue weighted by Crippen LogP contribution is 2.33. The van der Waals surface area contributed by atoms with Crippen LogP contribution in [0.15, 0.2) is 59.7 Å². The second-order valence-electron chi connectivity index (χ2n) is 8.60. The number of aromatic nitrogens is 2. The van der Waals surface area contributed by atoms with Crippen molar-refractivity contribution in [1.82, 2.24) is 14.7 Å². The number of hydrogen-bond acceptors (Lipinski definition) is 3. The molecule has 1 aliphatic carbocycles. The Hall–Kier alpha value is -2.95. The van der Waals surface area contributed by atoms with E-state index < -0.39 is 0 Å². The van der Waals surface area contributed by atoms with Crippen molar-refractivity contribution in [3.8, 4) is 0 Å².